The quantitative estimate of drug-likeness (QED) is 0.621. The average molecular weight is 512 g/mol. The molecule has 0 radical (unpaired) electrons. The van der Waals surface area contributed by atoms with Gasteiger partial charge in [0.25, 0.3) is 10.2 Å². The Hall–Kier alpha value is -2.26. The first kappa shape index (κ1) is 24.9. The van der Waals surface area contributed by atoms with Crippen LogP contribution >= 0.6 is 11.6 Å². The number of hydrogen-bond donors (Lipinski definition) is 1. The highest BCUT2D eigenvalue weighted by Gasteiger charge is 2.44. The SMILES string of the molecule is N#CC1CN(S(=O)(=O)N2CCC[C@H](C(=O)N3CCC[C@@H]3C(=O)NCc3c(F)cccc3Cl)C2)C1. The van der Waals surface area contributed by atoms with Crippen LogP contribution in [0, 0.1) is 29.0 Å². The van der Waals surface area contributed by atoms with Crippen molar-refractivity contribution in [2.75, 3.05) is 32.7 Å². The van der Waals surface area contributed by atoms with Crippen molar-refractivity contribution in [2.24, 2.45) is 11.8 Å². The number of hydrogen-bond acceptors (Lipinski definition) is 5. The Bertz CT molecular complexity index is 1080. The molecule has 3 fully saturated rings. The molecule has 0 unspecified atom stereocenters. The van der Waals surface area contributed by atoms with Crippen LogP contribution in [0.4, 0.5) is 4.39 Å². The third kappa shape index (κ3) is 4.91. The summed E-state index contributed by atoms with van der Waals surface area (Å²) in [6, 6.07) is 5.67. The molecular weight excluding hydrogens is 485 g/mol. The van der Waals surface area contributed by atoms with Crippen LogP contribution in [-0.4, -0.2) is 72.5 Å². The maximum absolute atomic E-state index is 14.0. The first-order valence-corrected chi connectivity index (χ1v) is 13.2. The van der Waals surface area contributed by atoms with Gasteiger partial charge in [0.1, 0.15) is 11.9 Å². The van der Waals surface area contributed by atoms with Gasteiger partial charge in [-0.25, -0.2) is 4.39 Å². The van der Waals surface area contributed by atoms with Crippen LogP contribution in [-0.2, 0) is 26.3 Å². The summed E-state index contributed by atoms with van der Waals surface area (Å²) in [5, 5.41) is 11.8. The van der Waals surface area contributed by atoms with Gasteiger partial charge in [0.15, 0.2) is 0 Å². The molecule has 1 aromatic rings. The predicted molar refractivity (Wildman–Crippen MR) is 122 cm³/mol. The summed E-state index contributed by atoms with van der Waals surface area (Å²) in [6.07, 6.45) is 2.23. The molecule has 1 aromatic carbocycles. The van der Waals surface area contributed by atoms with Crippen molar-refractivity contribution in [3.8, 4) is 6.07 Å². The number of carbonyl (C=O) groups excluding carboxylic acids is 2. The van der Waals surface area contributed by atoms with Crippen molar-refractivity contribution in [1.29, 1.82) is 5.26 Å². The molecule has 4 rings (SSSR count). The van der Waals surface area contributed by atoms with E-state index in [0.29, 0.717) is 38.8 Å². The number of nitriles is 1. The normalized spacial score (nSPS) is 24.4. The highest BCUT2D eigenvalue weighted by molar-refractivity contribution is 7.86. The van der Waals surface area contributed by atoms with Crippen molar-refractivity contribution in [1.82, 2.24) is 18.8 Å². The molecule has 3 aliphatic heterocycles. The molecule has 0 spiro atoms. The number of benzene rings is 1. The van der Waals surface area contributed by atoms with Crippen molar-refractivity contribution >= 4 is 33.6 Å². The van der Waals surface area contributed by atoms with Crippen LogP contribution in [0.3, 0.4) is 0 Å². The van der Waals surface area contributed by atoms with Crippen LogP contribution in [0.1, 0.15) is 31.2 Å². The molecule has 3 heterocycles. The van der Waals surface area contributed by atoms with Crippen LogP contribution in [0.2, 0.25) is 5.02 Å². The lowest BCUT2D eigenvalue weighted by Gasteiger charge is -2.41. The summed E-state index contributed by atoms with van der Waals surface area (Å²) in [4.78, 5) is 27.7. The topological polar surface area (TPSA) is 114 Å². The summed E-state index contributed by atoms with van der Waals surface area (Å²) in [5.74, 6) is -1.96. The number of amides is 2. The smallest absolute Gasteiger partial charge is 0.282 e. The van der Waals surface area contributed by atoms with Gasteiger partial charge in [-0.15, -0.1) is 0 Å². The molecule has 2 atom stereocenters. The second-order valence-corrected chi connectivity index (χ2v) is 11.3. The van der Waals surface area contributed by atoms with Crippen LogP contribution < -0.4 is 5.32 Å². The minimum Gasteiger partial charge on any atom is -0.350 e. The molecule has 184 valence electrons. The summed E-state index contributed by atoms with van der Waals surface area (Å²) < 4.78 is 42.4. The van der Waals surface area contributed by atoms with E-state index in [1.54, 1.807) is 6.07 Å². The van der Waals surface area contributed by atoms with E-state index in [4.69, 9.17) is 16.9 Å². The highest BCUT2D eigenvalue weighted by Crippen LogP contribution is 2.29. The van der Waals surface area contributed by atoms with Crippen LogP contribution in [0.25, 0.3) is 0 Å². The first-order chi connectivity index (χ1) is 16.2. The lowest BCUT2D eigenvalue weighted by Crippen LogP contribution is -2.57. The zero-order chi connectivity index (χ0) is 24.5. The lowest BCUT2D eigenvalue weighted by atomic mass is 9.97. The number of nitrogens with zero attached hydrogens (tertiary/aromatic N) is 4. The van der Waals surface area contributed by atoms with Crippen LogP contribution in [0.5, 0.6) is 0 Å². The molecule has 34 heavy (non-hydrogen) atoms. The predicted octanol–water partition coefficient (Wildman–Crippen LogP) is 1.50. The zero-order valence-corrected chi connectivity index (χ0v) is 20.2. The minimum atomic E-state index is -3.72. The Morgan fingerprint density at radius 1 is 1.15 bits per heavy atom. The van der Waals surface area contributed by atoms with E-state index < -0.39 is 28.0 Å². The minimum absolute atomic E-state index is 0.0601. The third-order valence-electron chi connectivity index (χ3n) is 6.76. The average Bonchev–Trinajstić information content (AvgIpc) is 3.27. The Balaban J connectivity index is 1.38. The van der Waals surface area contributed by atoms with E-state index in [1.807, 2.05) is 0 Å². The Labute approximate surface area is 203 Å². The van der Waals surface area contributed by atoms with Gasteiger partial charge in [-0.1, -0.05) is 17.7 Å². The fourth-order valence-corrected chi connectivity index (χ4v) is 6.78. The number of halogens is 2. The molecule has 1 N–H and O–H groups in total. The number of nitrogens with one attached hydrogen (secondary N) is 1. The van der Waals surface area contributed by atoms with E-state index >= 15 is 0 Å². The van der Waals surface area contributed by atoms with Gasteiger partial charge in [0.05, 0.1) is 17.9 Å². The van der Waals surface area contributed by atoms with Gasteiger partial charge in [-0.2, -0.15) is 22.3 Å². The van der Waals surface area contributed by atoms with Crippen molar-refractivity contribution in [2.45, 2.75) is 38.3 Å². The zero-order valence-electron chi connectivity index (χ0n) is 18.6. The Morgan fingerprint density at radius 2 is 1.88 bits per heavy atom. The molecule has 12 heteroatoms. The summed E-state index contributed by atoms with van der Waals surface area (Å²) >= 11 is 6.03. The molecule has 3 saturated heterocycles. The molecule has 2 amide bonds. The summed E-state index contributed by atoms with van der Waals surface area (Å²) in [7, 11) is -3.72. The van der Waals surface area contributed by atoms with Crippen molar-refractivity contribution in [3.63, 3.8) is 0 Å². The monoisotopic (exact) mass is 511 g/mol. The summed E-state index contributed by atoms with van der Waals surface area (Å²) in [6.45, 7) is 1.06. The van der Waals surface area contributed by atoms with E-state index in [-0.39, 0.29) is 54.5 Å². The number of piperidine rings is 1. The van der Waals surface area contributed by atoms with E-state index in [1.165, 1.54) is 25.6 Å². The van der Waals surface area contributed by atoms with E-state index in [9.17, 15) is 22.4 Å². The van der Waals surface area contributed by atoms with Gasteiger partial charge in [0.2, 0.25) is 11.8 Å². The Morgan fingerprint density at radius 3 is 2.59 bits per heavy atom. The second kappa shape index (κ2) is 10.2. The van der Waals surface area contributed by atoms with Gasteiger partial charge in [-0.05, 0) is 37.8 Å². The van der Waals surface area contributed by atoms with E-state index in [0.717, 1.165) is 0 Å². The maximum atomic E-state index is 14.0. The van der Waals surface area contributed by atoms with Gasteiger partial charge < -0.3 is 10.2 Å². The Kier molecular flexibility index (Phi) is 7.42. The fourth-order valence-electron chi connectivity index (χ4n) is 4.76. The standard InChI is InChI=1S/C22H27ClFN5O4S/c23-18-5-1-6-19(24)17(18)11-26-21(30)20-7-3-9-29(20)22(31)16-4-2-8-27(14-16)34(32,33)28-12-15(10-25)13-28/h1,5-6,15-16,20H,2-4,7-9,11-14H2,(H,26,30)/t16-,20+/m0/s1. The number of carbonyl (C=O) groups is 2. The van der Waals surface area contributed by atoms with Gasteiger partial charge in [0, 0.05) is 49.9 Å². The molecule has 9 nitrogen and oxygen atoms in total. The van der Waals surface area contributed by atoms with Gasteiger partial charge >= 0.3 is 0 Å². The van der Waals surface area contributed by atoms with E-state index in [2.05, 4.69) is 11.4 Å². The van der Waals surface area contributed by atoms with Crippen LogP contribution in [0.15, 0.2) is 18.2 Å². The molecule has 0 bridgehead atoms. The van der Waals surface area contributed by atoms with Gasteiger partial charge in [-0.3, -0.25) is 9.59 Å². The third-order valence-corrected chi connectivity index (χ3v) is 9.05. The fraction of sp³-hybridized carbons (Fsp3) is 0.591. The first-order valence-electron chi connectivity index (χ1n) is 11.4. The number of rotatable bonds is 6. The number of likely N-dealkylation sites (tertiary alicyclic amines) is 1. The maximum Gasteiger partial charge on any atom is 0.282 e. The largest absolute Gasteiger partial charge is 0.350 e. The molecule has 0 aliphatic carbocycles. The summed E-state index contributed by atoms with van der Waals surface area (Å²) in [5.41, 5.74) is 0.186. The highest BCUT2D eigenvalue weighted by atomic mass is 35.5. The molecular formula is C22H27ClFN5O4S. The molecule has 0 aromatic heterocycles. The van der Waals surface area contributed by atoms with Crippen molar-refractivity contribution < 1.29 is 22.4 Å². The molecule has 3 aliphatic rings. The van der Waals surface area contributed by atoms with Crippen molar-refractivity contribution in [3.05, 3.63) is 34.6 Å². The lowest BCUT2D eigenvalue weighted by molar-refractivity contribution is -0.142. The second-order valence-electron chi connectivity index (χ2n) is 8.96. The molecule has 0 saturated carbocycles.